The van der Waals surface area contributed by atoms with Crippen LogP contribution in [0.15, 0.2) is 18.2 Å². The van der Waals surface area contributed by atoms with E-state index in [0.29, 0.717) is 29.5 Å². The standard InChI is InChI=1S/C12H13ClF3N3/c13-8-3-4-10-9(7-8)18-11(17)19(10)6-2-1-5-12(14,15)16/h3-4,7H,1-2,5-6H2,(H2,17,18). The first-order chi connectivity index (χ1) is 8.87. The lowest BCUT2D eigenvalue weighted by Crippen LogP contribution is -2.08. The van der Waals surface area contributed by atoms with Crippen LogP contribution >= 0.6 is 11.6 Å². The largest absolute Gasteiger partial charge is 0.389 e. The topological polar surface area (TPSA) is 43.8 Å². The van der Waals surface area contributed by atoms with Crippen LogP contribution in [-0.2, 0) is 6.54 Å². The van der Waals surface area contributed by atoms with E-state index in [0.717, 1.165) is 5.52 Å². The minimum Gasteiger partial charge on any atom is -0.369 e. The zero-order chi connectivity index (χ0) is 14.0. The van der Waals surface area contributed by atoms with Gasteiger partial charge < -0.3 is 10.3 Å². The van der Waals surface area contributed by atoms with Gasteiger partial charge in [-0.15, -0.1) is 0 Å². The third kappa shape index (κ3) is 3.53. The fourth-order valence-corrected chi connectivity index (χ4v) is 2.12. The van der Waals surface area contributed by atoms with Crippen LogP contribution in [0, 0.1) is 0 Å². The number of aromatic nitrogens is 2. The maximum atomic E-state index is 12.0. The van der Waals surface area contributed by atoms with Gasteiger partial charge in [-0.3, -0.25) is 0 Å². The second kappa shape index (κ2) is 5.28. The number of fused-ring (bicyclic) bond motifs is 1. The van der Waals surface area contributed by atoms with Crippen LogP contribution in [0.2, 0.25) is 5.02 Å². The Morgan fingerprint density at radius 1 is 1.26 bits per heavy atom. The Balaban J connectivity index is 2.06. The fraction of sp³-hybridized carbons (Fsp3) is 0.417. The van der Waals surface area contributed by atoms with Crippen molar-refractivity contribution in [2.75, 3.05) is 5.73 Å². The summed E-state index contributed by atoms with van der Waals surface area (Å²) in [7, 11) is 0. The molecule has 0 bridgehead atoms. The van der Waals surface area contributed by atoms with E-state index in [9.17, 15) is 13.2 Å². The van der Waals surface area contributed by atoms with Gasteiger partial charge in [-0.05, 0) is 31.0 Å². The summed E-state index contributed by atoms with van der Waals surface area (Å²) in [5.74, 6) is 0.296. The molecule has 0 saturated carbocycles. The van der Waals surface area contributed by atoms with Gasteiger partial charge >= 0.3 is 6.18 Å². The third-order valence-corrected chi connectivity index (χ3v) is 3.07. The summed E-state index contributed by atoms with van der Waals surface area (Å²) in [6.07, 6.45) is -4.39. The lowest BCUT2D eigenvalue weighted by Gasteiger charge is -2.08. The molecule has 0 amide bonds. The van der Waals surface area contributed by atoms with Gasteiger partial charge in [0.15, 0.2) is 0 Å². The van der Waals surface area contributed by atoms with Crippen LogP contribution in [0.1, 0.15) is 19.3 Å². The number of unbranched alkanes of at least 4 members (excludes halogenated alkanes) is 1. The van der Waals surface area contributed by atoms with Crippen LogP contribution in [0.4, 0.5) is 19.1 Å². The van der Waals surface area contributed by atoms with Crippen molar-refractivity contribution in [2.45, 2.75) is 32.0 Å². The van der Waals surface area contributed by atoms with Gasteiger partial charge in [-0.25, -0.2) is 4.98 Å². The number of imidazole rings is 1. The maximum absolute atomic E-state index is 12.0. The summed E-state index contributed by atoms with van der Waals surface area (Å²) >= 11 is 5.84. The highest BCUT2D eigenvalue weighted by molar-refractivity contribution is 6.31. The number of anilines is 1. The van der Waals surface area contributed by atoms with E-state index in [2.05, 4.69) is 4.98 Å². The predicted octanol–water partition coefficient (Wildman–Crippen LogP) is 4.00. The summed E-state index contributed by atoms with van der Waals surface area (Å²) in [6, 6.07) is 5.15. The maximum Gasteiger partial charge on any atom is 0.389 e. The molecule has 104 valence electrons. The van der Waals surface area contributed by atoms with Gasteiger partial charge in [-0.2, -0.15) is 13.2 Å². The molecule has 19 heavy (non-hydrogen) atoms. The lowest BCUT2D eigenvalue weighted by atomic mass is 10.2. The van der Waals surface area contributed by atoms with Crippen molar-refractivity contribution in [1.29, 1.82) is 0 Å². The molecule has 0 atom stereocenters. The van der Waals surface area contributed by atoms with Crippen molar-refractivity contribution in [3.8, 4) is 0 Å². The molecule has 1 heterocycles. The van der Waals surface area contributed by atoms with Crippen molar-refractivity contribution in [1.82, 2.24) is 9.55 Å². The highest BCUT2D eigenvalue weighted by Gasteiger charge is 2.25. The number of hydrogen-bond acceptors (Lipinski definition) is 2. The first-order valence-corrected chi connectivity index (χ1v) is 6.22. The number of nitrogens with two attached hydrogens (primary N) is 1. The molecule has 0 radical (unpaired) electrons. The zero-order valence-corrected chi connectivity index (χ0v) is 10.8. The number of hydrogen-bond donors (Lipinski definition) is 1. The average Bonchev–Trinajstić information content (AvgIpc) is 2.58. The zero-order valence-electron chi connectivity index (χ0n) is 10.0. The van der Waals surface area contributed by atoms with Crippen molar-refractivity contribution in [3.05, 3.63) is 23.2 Å². The fourth-order valence-electron chi connectivity index (χ4n) is 1.95. The molecule has 2 rings (SSSR count). The average molecular weight is 292 g/mol. The van der Waals surface area contributed by atoms with E-state index in [1.54, 1.807) is 22.8 Å². The van der Waals surface area contributed by atoms with E-state index in [1.165, 1.54) is 0 Å². The molecule has 0 aliphatic rings. The second-order valence-electron chi connectivity index (χ2n) is 4.33. The number of nitrogen functional groups attached to an aromatic ring is 1. The Morgan fingerprint density at radius 2 is 2.00 bits per heavy atom. The van der Waals surface area contributed by atoms with Gasteiger partial charge in [0, 0.05) is 18.0 Å². The molecular formula is C12H13ClF3N3. The summed E-state index contributed by atoms with van der Waals surface area (Å²) < 4.78 is 37.8. The van der Waals surface area contributed by atoms with E-state index >= 15 is 0 Å². The summed E-state index contributed by atoms with van der Waals surface area (Å²) in [5.41, 5.74) is 7.20. The first kappa shape index (κ1) is 14.0. The normalized spacial score (nSPS) is 12.2. The summed E-state index contributed by atoms with van der Waals surface area (Å²) in [5, 5.41) is 0.550. The third-order valence-electron chi connectivity index (χ3n) is 2.83. The molecule has 0 fully saturated rings. The summed E-state index contributed by atoms with van der Waals surface area (Å²) in [6.45, 7) is 0.417. The quantitative estimate of drug-likeness (QED) is 0.865. The molecule has 0 saturated heterocycles. The molecular weight excluding hydrogens is 279 g/mol. The van der Waals surface area contributed by atoms with Crippen LogP contribution in [0.3, 0.4) is 0 Å². The number of halogens is 4. The first-order valence-electron chi connectivity index (χ1n) is 5.85. The summed E-state index contributed by atoms with van der Waals surface area (Å²) in [4.78, 5) is 4.14. The SMILES string of the molecule is Nc1nc2cc(Cl)ccc2n1CCCCC(F)(F)F. The number of rotatable bonds is 4. The Labute approximate surface area is 113 Å². The molecule has 0 unspecified atom stereocenters. The molecule has 2 N–H and O–H groups in total. The highest BCUT2D eigenvalue weighted by atomic mass is 35.5. The van der Waals surface area contributed by atoms with Crippen molar-refractivity contribution < 1.29 is 13.2 Å². The molecule has 2 aromatic rings. The van der Waals surface area contributed by atoms with Crippen LogP contribution in [0.5, 0.6) is 0 Å². The van der Waals surface area contributed by atoms with Gasteiger partial charge in [0.2, 0.25) is 5.95 Å². The van der Waals surface area contributed by atoms with Crippen LogP contribution in [-0.4, -0.2) is 15.7 Å². The molecule has 1 aromatic heterocycles. The number of alkyl halides is 3. The van der Waals surface area contributed by atoms with E-state index < -0.39 is 12.6 Å². The molecule has 7 heteroatoms. The van der Waals surface area contributed by atoms with E-state index in [1.807, 2.05) is 0 Å². The molecule has 0 aliphatic heterocycles. The number of benzene rings is 1. The lowest BCUT2D eigenvalue weighted by molar-refractivity contribution is -0.135. The number of aryl methyl sites for hydroxylation is 1. The molecule has 1 aromatic carbocycles. The minimum absolute atomic E-state index is 0.0796. The van der Waals surface area contributed by atoms with Gasteiger partial charge in [0.05, 0.1) is 11.0 Å². The Kier molecular flexibility index (Phi) is 3.89. The highest BCUT2D eigenvalue weighted by Crippen LogP contribution is 2.24. The van der Waals surface area contributed by atoms with E-state index in [-0.39, 0.29) is 6.42 Å². The van der Waals surface area contributed by atoms with Crippen molar-refractivity contribution in [3.63, 3.8) is 0 Å². The Hall–Kier alpha value is -1.43. The Morgan fingerprint density at radius 3 is 2.68 bits per heavy atom. The molecule has 0 spiro atoms. The van der Waals surface area contributed by atoms with E-state index in [4.69, 9.17) is 17.3 Å². The minimum atomic E-state index is -4.10. The van der Waals surface area contributed by atoms with Gasteiger partial charge in [-0.1, -0.05) is 11.6 Å². The van der Waals surface area contributed by atoms with Gasteiger partial charge in [0.25, 0.3) is 0 Å². The monoisotopic (exact) mass is 291 g/mol. The van der Waals surface area contributed by atoms with Gasteiger partial charge in [0.1, 0.15) is 0 Å². The smallest absolute Gasteiger partial charge is 0.369 e. The van der Waals surface area contributed by atoms with Crippen LogP contribution < -0.4 is 5.73 Å². The number of nitrogens with zero attached hydrogens (tertiary/aromatic N) is 2. The molecule has 3 nitrogen and oxygen atoms in total. The molecule has 0 aliphatic carbocycles. The second-order valence-corrected chi connectivity index (χ2v) is 4.76. The van der Waals surface area contributed by atoms with Crippen LogP contribution in [0.25, 0.3) is 11.0 Å². The van der Waals surface area contributed by atoms with Crippen molar-refractivity contribution in [2.24, 2.45) is 0 Å². The predicted molar refractivity (Wildman–Crippen MR) is 69.1 cm³/mol. The Bertz CT molecular complexity index is 577. The van der Waals surface area contributed by atoms with Crippen molar-refractivity contribution >= 4 is 28.6 Å².